The maximum Gasteiger partial charge on any atom is 0.143 e. The van der Waals surface area contributed by atoms with Gasteiger partial charge in [0.05, 0.1) is 0 Å². The molecule has 134 valence electrons. The number of fused-ring (bicyclic) bond motifs is 7. The van der Waals surface area contributed by atoms with Crippen LogP contribution in [-0.4, -0.2) is 0 Å². The first kappa shape index (κ1) is 16.0. The third kappa shape index (κ3) is 2.58. The van der Waals surface area contributed by atoms with Crippen molar-refractivity contribution < 1.29 is 4.42 Å². The number of benzene rings is 5. The van der Waals surface area contributed by atoms with Crippen LogP contribution in [-0.2, 0) is 0 Å². The van der Waals surface area contributed by atoms with Crippen molar-refractivity contribution >= 4 is 43.5 Å². The second-order valence-electron chi connectivity index (χ2n) is 7.25. The van der Waals surface area contributed by atoms with Crippen LogP contribution in [0.25, 0.3) is 43.5 Å². The van der Waals surface area contributed by atoms with Crippen LogP contribution in [0.5, 0.6) is 0 Å². The minimum Gasteiger partial charge on any atom is -0.455 e. The van der Waals surface area contributed by atoms with Gasteiger partial charge in [-0.3, -0.25) is 0 Å². The molecule has 0 aliphatic heterocycles. The van der Waals surface area contributed by atoms with E-state index in [1.54, 1.807) is 0 Å². The monoisotopic (exact) mass is 368 g/mol. The van der Waals surface area contributed by atoms with Crippen molar-refractivity contribution in [1.82, 2.24) is 0 Å². The van der Waals surface area contributed by atoms with Crippen molar-refractivity contribution in [3.8, 4) is 11.8 Å². The standard InChI is InChI=1S/C28H16O/c1-2-6-19(7-3-1)10-11-20-12-14-24-26-17-16-23-22-9-5-4-8-21(22)13-15-25(23)28(26)29-27(24)18-20/h1-9,12-18H. The third-order valence-electron chi connectivity index (χ3n) is 5.49. The Labute approximate surface area is 168 Å². The van der Waals surface area contributed by atoms with Crippen LogP contribution >= 0.6 is 0 Å². The largest absolute Gasteiger partial charge is 0.455 e. The summed E-state index contributed by atoms with van der Waals surface area (Å²) >= 11 is 0. The fraction of sp³-hybridized carbons (Fsp3) is 0. The molecule has 0 N–H and O–H groups in total. The molecule has 0 saturated carbocycles. The molecule has 0 amide bonds. The van der Waals surface area contributed by atoms with E-state index in [-0.39, 0.29) is 0 Å². The summed E-state index contributed by atoms with van der Waals surface area (Å²) in [4.78, 5) is 0. The second-order valence-corrected chi connectivity index (χ2v) is 7.25. The predicted molar refractivity (Wildman–Crippen MR) is 121 cm³/mol. The highest BCUT2D eigenvalue weighted by atomic mass is 16.3. The summed E-state index contributed by atoms with van der Waals surface area (Å²) in [5, 5.41) is 7.13. The highest BCUT2D eigenvalue weighted by Crippen LogP contribution is 2.36. The molecule has 1 heterocycles. The summed E-state index contributed by atoms with van der Waals surface area (Å²) < 4.78 is 6.34. The molecule has 0 aliphatic rings. The van der Waals surface area contributed by atoms with E-state index in [1.165, 1.54) is 16.2 Å². The van der Waals surface area contributed by atoms with Crippen LogP contribution in [0.15, 0.2) is 101 Å². The van der Waals surface area contributed by atoms with Crippen LogP contribution < -0.4 is 0 Å². The molecule has 1 aromatic heterocycles. The van der Waals surface area contributed by atoms with Gasteiger partial charge < -0.3 is 4.42 Å². The van der Waals surface area contributed by atoms with E-state index in [2.05, 4.69) is 72.5 Å². The molecule has 0 aliphatic carbocycles. The maximum atomic E-state index is 6.34. The molecule has 0 atom stereocenters. The molecule has 0 spiro atoms. The van der Waals surface area contributed by atoms with Gasteiger partial charge >= 0.3 is 0 Å². The molecule has 0 saturated heterocycles. The van der Waals surface area contributed by atoms with E-state index in [9.17, 15) is 0 Å². The Morgan fingerprint density at radius 1 is 0.483 bits per heavy atom. The van der Waals surface area contributed by atoms with Gasteiger partial charge in [0.25, 0.3) is 0 Å². The van der Waals surface area contributed by atoms with Crippen LogP contribution in [0.4, 0.5) is 0 Å². The first-order valence-corrected chi connectivity index (χ1v) is 9.71. The third-order valence-corrected chi connectivity index (χ3v) is 5.49. The van der Waals surface area contributed by atoms with Gasteiger partial charge in [-0.25, -0.2) is 0 Å². The first-order chi connectivity index (χ1) is 14.4. The lowest BCUT2D eigenvalue weighted by Gasteiger charge is -2.04. The quantitative estimate of drug-likeness (QED) is 0.203. The molecular weight excluding hydrogens is 352 g/mol. The Bertz CT molecular complexity index is 1590. The first-order valence-electron chi connectivity index (χ1n) is 9.71. The predicted octanol–water partition coefficient (Wildman–Crippen LogP) is 7.29. The SMILES string of the molecule is C(#Cc1ccc2c(c1)oc1c2ccc2c3ccccc3ccc21)c1ccccc1. The number of hydrogen-bond acceptors (Lipinski definition) is 1. The molecule has 6 rings (SSSR count). The fourth-order valence-corrected chi connectivity index (χ4v) is 4.07. The fourth-order valence-electron chi connectivity index (χ4n) is 4.07. The molecule has 6 aromatic rings. The molecule has 5 aromatic carbocycles. The summed E-state index contributed by atoms with van der Waals surface area (Å²) in [6, 6.07) is 33.4. The maximum absolute atomic E-state index is 6.34. The van der Waals surface area contributed by atoms with Crippen molar-refractivity contribution in [2.45, 2.75) is 0 Å². The lowest BCUT2D eigenvalue weighted by Crippen LogP contribution is -1.78. The van der Waals surface area contributed by atoms with E-state index in [0.29, 0.717) is 0 Å². The Balaban J connectivity index is 1.56. The summed E-state index contributed by atoms with van der Waals surface area (Å²) in [6.45, 7) is 0. The minimum absolute atomic E-state index is 0.875. The highest BCUT2D eigenvalue weighted by Gasteiger charge is 2.11. The van der Waals surface area contributed by atoms with Gasteiger partial charge in [-0.2, -0.15) is 0 Å². The summed E-state index contributed by atoms with van der Waals surface area (Å²) in [6.07, 6.45) is 0. The smallest absolute Gasteiger partial charge is 0.143 e. The Morgan fingerprint density at radius 3 is 2.10 bits per heavy atom. The zero-order chi connectivity index (χ0) is 19.2. The van der Waals surface area contributed by atoms with E-state index in [4.69, 9.17) is 4.42 Å². The van der Waals surface area contributed by atoms with Gasteiger partial charge in [0.15, 0.2) is 0 Å². The van der Waals surface area contributed by atoms with E-state index >= 15 is 0 Å². The average molecular weight is 368 g/mol. The number of rotatable bonds is 0. The highest BCUT2D eigenvalue weighted by molar-refractivity contribution is 6.20. The van der Waals surface area contributed by atoms with E-state index in [1.807, 2.05) is 36.4 Å². The summed E-state index contributed by atoms with van der Waals surface area (Å²) in [7, 11) is 0. The summed E-state index contributed by atoms with van der Waals surface area (Å²) in [5.41, 5.74) is 3.78. The van der Waals surface area contributed by atoms with E-state index < -0.39 is 0 Å². The number of furan rings is 1. The van der Waals surface area contributed by atoms with Crippen molar-refractivity contribution in [1.29, 1.82) is 0 Å². The second kappa shape index (κ2) is 6.26. The van der Waals surface area contributed by atoms with Crippen molar-refractivity contribution in [2.24, 2.45) is 0 Å². The Kier molecular flexibility index (Phi) is 3.45. The molecule has 0 radical (unpaired) electrons. The molecule has 29 heavy (non-hydrogen) atoms. The lowest BCUT2D eigenvalue weighted by atomic mass is 10.00. The summed E-state index contributed by atoms with van der Waals surface area (Å²) in [5.74, 6) is 6.47. The Morgan fingerprint density at radius 2 is 1.17 bits per heavy atom. The van der Waals surface area contributed by atoms with Gasteiger partial charge in [-0.15, -0.1) is 0 Å². The number of hydrogen-bond donors (Lipinski definition) is 0. The molecule has 0 fully saturated rings. The molecule has 0 unspecified atom stereocenters. The van der Waals surface area contributed by atoms with Crippen molar-refractivity contribution in [3.05, 3.63) is 108 Å². The topological polar surface area (TPSA) is 13.1 Å². The molecule has 0 bridgehead atoms. The normalized spacial score (nSPS) is 11.2. The van der Waals surface area contributed by atoms with Gasteiger partial charge in [-0.05, 0) is 58.6 Å². The van der Waals surface area contributed by atoms with E-state index in [0.717, 1.165) is 38.5 Å². The van der Waals surface area contributed by atoms with Crippen LogP contribution in [0.3, 0.4) is 0 Å². The molecule has 1 heteroatoms. The van der Waals surface area contributed by atoms with Crippen molar-refractivity contribution in [3.63, 3.8) is 0 Å². The van der Waals surface area contributed by atoms with Gasteiger partial charge in [0, 0.05) is 27.3 Å². The zero-order valence-corrected chi connectivity index (χ0v) is 15.6. The van der Waals surface area contributed by atoms with Gasteiger partial charge in [0.2, 0.25) is 0 Å². The van der Waals surface area contributed by atoms with Crippen LogP contribution in [0, 0.1) is 11.8 Å². The van der Waals surface area contributed by atoms with Crippen molar-refractivity contribution in [2.75, 3.05) is 0 Å². The molecular formula is C28H16O. The zero-order valence-electron chi connectivity index (χ0n) is 15.6. The van der Waals surface area contributed by atoms with Gasteiger partial charge in [0.1, 0.15) is 11.2 Å². The molecule has 1 nitrogen and oxygen atoms in total. The average Bonchev–Trinajstić information content (AvgIpc) is 3.16. The van der Waals surface area contributed by atoms with Gasteiger partial charge in [-0.1, -0.05) is 66.4 Å². The van der Waals surface area contributed by atoms with Crippen LogP contribution in [0.1, 0.15) is 11.1 Å². The van der Waals surface area contributed by atoms with Crippen LogP contribution in [0.2, 0.25) is 0 Å². The minimum atomic E-state index is 0.875. The lowest BCUT2D eigenvalue weighted by molar-refractivity contribution is 0.672. The Hall–Kier alpha value is -4.02.